The standard InChI is InChI=1S/C18H20N2O5S/c1-12-8-9-13(10-16(12)20(21)22)26(23,24)19-15-11-18(2,3)25-17-7-5-4-6-14(15)17/h4-10,15,19H,11H2,1-3H3/t15-/m0/s1. The van der Waals surface area contributed by atoms with Crippen molar-refractivity contribution in [2.75, 3.05) is 0 Å². The van der Waals surface area contributed by atoms with Crippen LogP contribution < -0.4 is 9.46 Å². The number of nitro benzene ring substituents is 1. The molecule has 1 heterocycles. The summed E-state index contributed by atoms with van der Waals surface area (Å²) in [7, 11) is -3.94. The fraction of sp³-hybridized carbons (Fsp3) is 0.333. The largest absolute Gasteiger partial charge is 0.487 e. The van der Waals surface area contributed by atoms with Crippen LogP contribution in [0.4, 0.5) is 5.69 Å². The molecule has 3 rings (SSSR count). The van der Waals surface area contributed by atoms with Gasteiger partial charge < -0.3 is 4.74 Å². The van der Waals surface area contributed by atoms with Crippen molar-refractivity contribution in [3.63, 3.8) is 0 Å². The molecule has 0 radical (unpaired) electrons. The van der Waals surface area contributed by atoms with Gasteiger partial charge in [-0.2, -0.15) is 0 Å². The highest BCUT2D eigenvalue weighted by atomic mass is 32.2. The molecule has 2 aromatic carbocycles. The van der Waals surface area contributed by atoms with Crippen molar-refractivity contribution in [1.82, 2.24) is 4.72 Å². The number of fused-ring (bicyclic) bond motifs is 1. The van der Waals surface area contributed by atoms with Crippen molar-refractivity contribution < 1.29 is 18.1 Å². The monoisotopic (exact) mass is 376 g/mol. The van der Waals surface area contributed by atoms with Crippen LogP contribution in [0.1, 0.15) is 37.4 Å². The van der Waals surface area contributed by atoms with Crippen molar-refractivity contribution in [2.24, 2.45) is 0 Å². The fourth-order valence-electron chi connectivity index (χ4n) is 3.12. The van der Waals surface area contributed by atoms with E-state index in [0.717, 1.165) is 11.6 Å². The SMILES string of the molecule is Cc1ccc(S(=O)(=O)N[C@H]2CC(C)(C)Oc3ccccc32)cc1[N+](=O)[O-]. The summed E-state index contributed by atoms with van der Waals surface area (Å²) in [5.74, 6) is 0.631. The first-order valence-electron chi connectivity index (χ1n) is 8.14. The molecule has 8 heteroatoms. The first-order valence-corrected chi connectivity index (χ1v) is 9.63. The van der Waals surface area contributed by atoms with Crippen molar-refractivity contribution in [3.8, 4) is 5.75 Å². The molecule has 1 aliphatic heterocycles. The highest BCUT2D eigenvalue weighted by Crippen LogP contribution is 2.40. The second-order valence-electron chi connectivity index (χ2n) is 6.98. The molecule has 0 aliphatic carbocycles. The van der Waals surface area contributed by atoms with Gasteiger partial charge in [0.25, 0.3) is 5.69 Å². The Balaban J connectivity index is 1.98. The van der Waals surface area contributed by atoms with Crippen LogP contribution in [0.25, 0.3) is 0 Å². The predicted octanol–water partition coefficient (Wildman–Crippen LogP) is 3.48. The number of benzene rings is 2. The number of sulfonamides is 1. The summed E-state index contributed by atoms with van der Waals surface area (Å²) < 4.78 is 34.3. The molecule has 0 bridgehead atoms. The van der Waals surface area contributed by atoms with Gasteiger partial charge in [0.1, 0.15) is 11.4 Å². The number of nitrogens with zero attached hydrogens (tertiary/aromatic N) is 1. The number of rotatable bonds is 4. The molecule has 1 aliphatic rings. The van der Waals surface area contributed by atoms with Gasteiger partial charge >= 0.3 is 0 Å². The van der Waals surface area contributed by atoms with E-state index in [2.05, 4.69) is 4.72 Å². The van der Waals surface area contributed by atoms with Gasteiger partial charge in [0.15, 0.2) is 0 Å². The van der Waals surface area contributed by atoms with Gasteiger partial charge in [0.05, 0.1) is 15.9 Å². The predicted molar refractivity (Wildman–Crippen MR) is 96.7 cm³/mol. The molecule has 0 spiro atoms. The molecule has 0 amide bonds. The number of aryl methyl sites for hydroxylation is 1. The lowest BCUT2D eigenvalue weighted by Gasteiger charge is -2.37. The van der Waals surface area contributed by atoms with E-state index >= 15 is 0 Å². The van der Waals surface area contributed by atoms with Gasteiger partial charge in [-0.15, -0.1) is 0 Å². The molecular formula is C18H20N2O5S. The molecule has 0 unspecified atom stereocenters. The first kappa shape index (κ1) is 18.3. The quantitative estimate of drug-likeness (QED) is 0.650. The van der Waals surface area contributed by atoms with Gasteiger partial charge in [-0.05, 0) is 32.9 Å². The Hall–Kier alpha value is -2.45. The van der Waals surface area contributed by atoms with Gasteiger partial charge in [0, 0.05) is 23.6 Å². The van der Waals surface area contributed by atoms with Gasteiger partial charge in [-0.1, -0.05) is 24.3 Å². The highest BCUT2D eigenvalue weighted by molar-refractivity contribution is 7.89. The zero-order valence-corrected chi connectivity index (χ0v) is 15.5. The third-order valence-corrected chi connectivity index (χ3v) is 5.83. The van der Waals surface area contributed by atoms with Crippen LogP contribution in [0, 0.1) is 17.0 Å². The van der Waals surface area contributed by atoms with Crippen LogP contribution >= 0.6 is 0 Å². The third-order valence-electron chi connectivity index (χ3n) is 4.36. The zero-order chi connectivity index (χ0) is 19.1. The topological polar surface area (TPSA) is 98.5 Å². The van der Waals surface area contributed by atoms with E-state index < -0.39 is 26.6 Å². The van der Waals surface area contributed by atoms with Crippen LogP contribution in [-0.2, 0) is 10.0 Å². The number of ether oxygens (including phenoxy) is 1. The summed E-state index contributed by atoms with van der Waals surface area (Å²) >= 11 is 0. The molecule has 26 heavy (non-hydrogen) atoms. The van der Waals surface area contributed by atoms with E-state index in [4.69, 9.17) is 4.74 Å². The molecule has 138 valence electrons. The summed E-state index contributed by atoms with van der Waals surface area (Å²) in [5.41, 5.74) is 0.393. The van der Waals surface area contributed by atoms with Crippen molar-refractivity contribution in [2.45, 2.75) is 43.7 Å². The Kier molecular flexibility index (Phi) is 4.49. The van der Waals surface area contributed by atoms with E-state index in [0.29, 0.717) is 17.7 Å². The zero-order valence-electron chi connectivity index (χ0n) is 14.7. The summed E-state index contributed by atoms with van der Waals surface area (Å²) in [5, 5.41) is 11.1. The molecule has 0 saturated carbocycles. The van der Waals surface area contributed by atoms with Crippen molar-refractivity contribution in [3.05, 3.63) is 63.7 Å². The van der Waals surface area contributed by atoms with E-state index in [1.165, 1.54) is 12.1 Å². The molecule has 1 atom stereocenters. The summed E-state index contributed by atoms with van der Waals surface area (Å²) in [6, 6.07) is 10.7. The Bertz CT molecular complexity index is 969. The number of para-hydroxylation sites is 1. The smallest absolute Gasteiger partial charge is 0.273 e. The number of hydrogen-bond acceptors (Lipinski definition) is 5. The minimum atomic E-state index is -3.94. The van der Waals surface area contributed by atoms with Crippen LogP contribution in [0.15, 0.2) is 47.4 Å². The summed E-state index contributed by atoms with van der Waals surface area (Å²) in [6.45, 7) is 5.35. The second kappa shape index (κ2) is 6.37. The second-order valence-corrected chi connectivity index (χ2v) is 8.70. The Morgan fingerprint density at radius 2 is 1.92 bits per heavy atom. The molecule has 0 saturated heterocycles. The van der Waals surface area contributed by atoms with Gasteiger partial charge in [-0.25, -0.2) is 13.1 Å². The van der Waals surface area contributed by atoms with Crippen molar-refractivity contribution >= 4 is 15.7 Å². The lowest BCUT2D eigenvalue weighted by Crippen LogP contribution is -2.41. The highest BCUT2D eigenvalue weighted by Gasteiger charge is 2.36. The normalized spacial score (nSPS) is 18.7. The number of nitro groups is 1. The Morgan fingerprint density at radius 3 is 2.62 bits per heavy atom. The molecular weight excluding hydrogens is 356 g/mol. The Morgan fingerprint density at radius 1 is 1.23 bits per heavy atom. The third kappa shape index (κ3) is 3.56. The van der Waals surface area contributed by atoms with Gasteiger partial charge in [-0.3, -0.25) is 10.1 Å². The van der Waals surface area contributed by atoms with Crippen molar-refractivity contribution in [1.29, 1.82) is 0 Å². The minimum absolute atomic E-state index is 0.128. The molecule has 0 fully saturated rings. The van der Waals surface area contributed by atoms with Crippen LogP contribution in [-0.4, -0.2) is 18.9 Å². The number of nitrogens with one attached hydrogen (secondary N) is 1. The fourth-order valence-corrected chi connectivity index (χ4v) is 4.35. The van der Waals surface area contributed by atoms with Crippen LogP contribution in [0.3, 0.4) is 0 Å². The van der Waals surface area contributed by atoms with E-state index in [-0.39, 0.29) is 10.6 Å². The lowest BCUT2D eigenvalue weighted by molar-refractivity contribution is -0.385. The Labute approximate surface area is 152 Å². The lowest BCUT2D eigenvalue weighted by atomic mass is 9.90. The average Bonchev–Trinajstić information content (AvgIpc) is 2.53. The van der Waals surface area contributed by atoms with Gasteiger partial charge in [0.2, 0.25) is 10.0 Å². The van der Waals surface area contributed by atoms with E-state index in [9.17, 15) is 18.5 Å². The molecule has 7 nitrogen and oxygen atoms in total. The first-order chi connectivity index (χ1) is 12.1. The summed E-state index contributed by atoms with van der Waals surface area (Å²) in [6.07, 6.45) is 0.442. The molecule has 0 aromatic heterocycles. The summed E-state index contributed by atoms with van der Waals surface area (Å²) in [4.78, 5) is 10.4. The molecule has 1 N–H and O–H groups in total. The minimum Gasteiger partial charge on any atom is -0.487 e. The van der Waals surface area contributed by atoms with Crippen LogP contribution in [0.5, 0.6) is 5.75 Å². The maximum absolute atomic E-state index is 12.8. The van der Waals surface area contributed by atoms with E-state index in [1.807, 2.05) is 32.0 Å². The average molecular weight is 376 g/mol. The number of hydrogen-bond donors (Lipinski definition) is 1. The van der Waals surface area contributed by atoms with E-state index in [1.54, 1.807) is 13.0 Å². The molecule has 2 aromatic rings. The maximum atomic E-state index is 12.8. The van der Waals surface area contributed by atoms with Crippen LogP contribution in [0.2, 0.25) is 0 Å². The maximum Gasteiger partial charge on any atom is 0.273 e.